The minimum Gasteiger partial charge on any atom is -0.377 e. The summed E-state index contributed by atoms with van der Waals surface area (Å²) in [6.07, 6.45) is 4.55. The Balaban J connectivity index is 1.34. The molecule has 0 spiro atoms. The summed E-state index contributed by atoms with van der Waals surface area (Å²) in [5, 5.41) is 0. The van der Waals surface area contributed by atoms with Gasteiger partial charge < -0.3 is 9.30 Å². The molecule has 0 amide bonds. The predicted molar refractivity (Wildman–Crippen MR) is 138 cm³/mol. The fourth-order valence-corrected chi connectivity index (χ4v) is 4.60. The maximum absolute atomic E-state index is 13.3. The third-order valence-corrected chi connectivity index (χ3v) is 6.29. The van der Waals surface area contributed by atoms with E-state index in [1.54, 1.807) is 10.8 Å². The van der Waals surface area contributed by atoms with Gasteiger partial charge in [0.05, 0.1) is 29.7 Å². The molecule has 0 N–H and O–H groups in total. The number of hydrogen-bond donors (Lipinski definition) is 0. The van der Waals surface area contributed by atoms with Crippen LogP contribution >= 0.6 is 0 Å². The molecule has 35 heavy (non-hydrogen) atoms. The molecule has 0 aliphatic heterocycles. The lowest BCUT2D eigenvalue weighted by Gasteiger charge is -2.10. The van der Waals surface area contributed by atoms with E-state index in [1.807, 2.05) is 53.1 Å². The summed E-state index contributed by atoms with van der Waals surface area (Å²) in [4.78, 5) is 22.7. The molecule has 0 fully saturated rings. The van der Waals surface area contributed by atoms with E-state index >= 15 is 0 Å². The van der Waals surface area contributed by atoms with E-state index in [-0.39, 0.29) is 5.69 Å². The summed E-state index contributed by atoms with van der Waals surface area (Å²) < 4.78 is 11.7. The van der Waals surface area contributed by atoms with Gasteiger partial charge in [-0.2, -0.15) is 0 Å². The summed E-state index contributed by atoms with van der Waals surface area (Å²) in [5.41, 5.74) is 4.77. The van der Waals surface area contributed by atoms with Crippen LogP contribution in [-0.2, 0) is 31.0 Å². The van der Waals surface area contributed by atoms with Crippen molar-refractivity contribution in [2.45, 2.75) is 52.4 Å². The van der Waals surface area contributed by atoms with Gasteiger partial charge in [0.25, 0.3) is 0 Å². The van der Waals surface area contributed by atoms with Crippen LogP contribution in [0.15, 0.2) is 77.7 Å². The summed E-state index contributed by atoms with van der Waals surface area (Å²) in [6, 6.07) is 22.3. The second-order valence-corrected chi connectivity index (χ2v) is 8.78. The molecular weight excluding hydrogens is 438 g/mol. The first-order valence-electron chi connectivity index (χ1n) is 12.4. The Labute approximate surface area is 204 Å². The Morgan fingerprint density at radius 1 is 0.829 bits per heavy atom. The van der Waals surface area contributed by atoms with E-state index in [9.17, 15) is 4.79 Å². The van der Waals surface area contributed by atoms with Crippen molar-refractivity contribution in [3.05, 3.63) is 94.8 Å². The SMILES string of the molecule is CCCn1c(=O)n(Cc2nc3ccccc3n2CCCCOCc2ccccc2)c2ncccc21. The molecule has 0 aliphatic rings. The largest absolute Gasteiger partial charge is 0.377 e. The molecule has 3 heterocycles. The number of ether oxygens (including phenoxy) is 1. The Bertz CT molecular complexity index is 1470. The first-order valence-corrected chi connectivity index (χ1v) is 12.4. The highest BCUT2D eigenvalue weighted by molar-refractivity contribution is 5.76. The zero-order chi connectivity index (χ0) is 24.0. The first-order chi connectivity index (χ1) is 17.3. The van der Waals surface area contributed by atoms with Crippen LogP contribution in [0.5, 0.6) is 0 Å². The second-order valence-electron chi connectivity index (χ2n) is 8.78. The second kappa shape index (κ2) is 10.7. The van der Waals surface area contributed by atoms with Gasteiger partial charge in [-0.05, 0) is 49.1 Å². The number of imidazole rings is 2. The van der Waals surface area contributed by atoms with Crippen molar-refractivity contribution in [2.24, 2.45) is 0 Å². The van der Waals surface area contributed by atoms with Gasteiger partial charge in [0.2, 0.25) is 0 Å². The summed E-state index contributed by atoms with van der Waals surface area (Å²) >= 11 is 0. The van der Waals surface area contributed by atoms with Gasteiger partial charge in [-0.15, -0.1) is 0 Å². The Morgan fingerprint density at radius 2 is 1.63 bits per heavy atom. The standard InChI is InChI=1S/C28H31N5O2/c1-2-17-32-25-15-10-16-29-27(25)33(28(32)34)20-26-30-23-13-6-7-14-24(23)31(26)18-8-9-19-35-21-22-11-4-3-5-12-22/h3-7,10-16H,2,8-9,17-21H2,1H3. The predicted octanol–water partition coefficient (Wildman–Crippen LogP) is 5.00. The fourth-order valence-electron chi connectivity index (χ4n) is 4.60. The van der Waals surface area contributed by atoms with E-state index < -0.39 is 0 Å². The van der Waals surface area contributed by atoms with Crippen LogP contribution in [0, 0.1) is 0 Å². The number of fused-ring (bicyclic) bond motifs is 2. The molecule has 0 radical (unpaired) electrons. The summed E-state index contributed by atoms with van der Waals surface area (Å²) in [7, 11) is 0. The molecule has 5 aromatic rings. The number of aryl methyl sites for hydroxylation is 2. The highest BCUT2D eigenvalue weighted by atomic mass is 16.5. The van der Waals surface area contributed by atoms with Gasteiger partial charge in [0.1, 0.15) is 5.82 Å². The van der Waals surface area contributed by atoms with Gasteiger partial charge >= 0.3 is 5.69 Å². The Kier molecular flexibility index (Phi) is 7.04. The normalized spacial score (nSPS) is 11.6. The monoisotopic (exact) mass is 469 g/mol. The highest BCUT2D eigenvalue weighted by Crippen LogP contribution is 2.19. The van der Waals surface area contributed by atoms with Crippen LogP contribution in [0.25, 0.3) is 22.2 Å². The van der Waals surface area contributed by atoms with Crippen LogP contribution in [0.4, 0.5) is 0 Å². The summed E-state index contributed by atoms with van der Waals surface area (Å²) in [6.45, 7) is 5.31. The third-order valence-electron chi connectivity index (χ3n) is 6.29. The minimum atomic E-state index is -0.0338. The molecule has 180 valence electrons. The zero-order valence-electron chi connectivity index (χ0n) is 20.1. The molecule has 0 unspecified atom stereocenters. The number of hydrogen-bond acceptors (Lipinski definition) is 4. The van der Waals surface area contributed by atoms with Gasteiger partial charge in [-0.25, -0.2) is 14.8 Å². The maximum Gasteiger partial charge on any atom is 0.330 e. The van der Waals surface area contributed by atoms with Gasteiger partial charge in [-0.3, -0.25) is 9.13 Å². The topological polar surface area (TPSA) is 66.9 Å². The van der Waals surface area contributed by atoms with Gasteiger partial charge in [0.15, 0.2) is 5.65 Å². The number of nitrogens with zero attached hydrogens (tertiary/aromatic N) is 5. The smallest absolute Gasteiger partial charge is 0.330 e. The number of rotatable bonds is 11. The minimum absolute atomic E-state index is 0.0338. The van der Waals surface area contributed by atoms with Crippen LogP contribution in [0.1, 0.15) is 37.6 Å². The molecule has 0 saturated carbocycles. The molecular formula is C28H31N5O2. The fraction of sp³-hybridized carbons (Fsp3) is 0.321. The van der Waals surface area contributed by atoms with Gasteiger partial charge in [-0.1, -0.05) is 49.4 Å². The van der Waals surface area contributed by atoms with Gasteiger partial charge in [0, 0.05) is 25.9 Å². The van der Waals surface area contributed by atoms with Crippen molar-refractivity contribution in [3.8, 4) is 0 Å². The average Bonchev–Trinajstić information content (AvgIpc) is 3.37. The van der Waals surface area contributed by atoms with E-state index in [0.29, 0.717) is 32.0 Å². The van der Waals surface area contributed by atoms with Crippen LogP contribution in [-0.4, -0.2) is 30.3 Å². The first kappa shape index (κ1) is 23.1. The van der Waals surface area contributed by atoms with Crippen LogP contribution in [0.3, 0.4) is 0 Å². The molecule has 0 aliphatic carbocycles. The van der Waals surface area contributed by atoms with Crippen molar-refractivity contribution in [1.29, 1.82) is 0 Å². The molecule has 5 rings (SSSR count). The molecule has 0 saturated heterocycles. The molecule has 0 atom stereocenters. The van der Waals surface area contributed by atoms with Crippen molar-refractivity contribution >= 4 is 22.2 Å². The number of unbranched alkanes of at least 4 members (excludes halogenated alkanes) is 1. The Hall–Kier alpha value is -3.71. The molecule has 7 nitrogen and oxygen atoms in total. The van der Waals surface area contributed by atoms with E-state index in [0.717, 1.165) is 48.2 Å². The molecule has 7 heteroatoms. The van der Waals surface area contributed by atoms with Crippen LogP contribution < -0.4 is 5.69 Å². The zero-order valence-corrected chi connectivity index (χ0v) is 20.1. The third kappa shape index (κ3) is 4.91. The number of para-hydroxylation sites is 2. The quantitative estimate of drug-likeness (QED) is 0.255. The number of aromatic nitrogens is 5. The molecule has 0 bridgehead atoms. The van der Waals surface area contributed by atoms with Crippen LogP contribution in [0.2, 0.25) is 0 Å². The Morgan fingerprint density at radius 3 is 2.49 bits per heavy atom. The van der Waals surface area contributed by atoms with E-state index in [2.05, 4.69) is 34.7 Å². The maximum atomic E-state index is 13.3. The number of pyridine rings is 1. The van der Waals surface area contributed by atoms with E-state index in [4.69, 9.17) is 9.72 Å². The summed E-state index contributed by atoms with van der Waals surface area (Å²) in [5.74, 6) is 0.875. The highest BCUT2D eigenvalue weighted by Gasteiger charge is 2.17. The molecule has 3 aromatic heterocycles. The van der Waals surface area contributed by atoms with Crippen molar-refractivity contribution in [3.63, 3.8) is 0 Å². The lowest BCUT2D eigenvalue weighted by Crippen LogP contribution is -2.26. The van der Waals surface area contributed by atoms with Crippen molar-refractivity contribution in [2.75, 3.05) is 6.61 Å². The lowest BCUT2D eigenvalue weighted by atomic mass is 10.2. The van der Waals surface area contributed by atoms with Crippen molar-refractivity contribution < 1.29 is 4.74 Å². The number of benzene rings is 2. The average molecular weight is 470 g/mol. The van der Waals surface area contributed by atoms with E-state index in [1.165, 1.54) is 5.56 Å². The lowest BCUT2D eigenvalue weighted by molar-refractivity contribution is 0.116. The van der Waals surface area contributed by atoms with Crippen molar-refractivity contribution in [1.82, 2.24) is 23.7 Å². The molecule has 2 aromatic carbocycles.